The average molecular weight is 383 g/mol. The number of pyridine rings is 1. The Bertz CT molecular complexity index is 974. The van der Waals surface area contributed by atoms with Gasteiger partial charge in [-0.15, -0.1) is 0 Å². The first-order valence-corrected chi connectivity index (χ1v) is 8.87. The number of hydrogen-bond acceptors (Lipinski definition) is 5. The molecule has 2 aromatic rings. The summed E-state index contributed by atoms with van der Waals surface area (Å²) >= 11 is 0. The van der Waals surface area contributed by atoms with Gasteiger partial charge in [0.05, 0.1) is 24.8 Å². The molecule has 2 amide bonds. The minimum Gasteiger partial charge on any atom is -0.465 e. The van der Waals surface area contributed by atoms with Gasteiger partial charge in [0, 0.05) is 19.3 Å². The second-order valence-corrected chi connectivity index (χ2v) is 6.59. The highest BCUT2D eigenvalue weighted by Crippen LogP contribution is 2.19. The molecule has 146 valence electrons. The van der Waals surface area contributed by atoms with Crippen molar-refractivity contribution < 1.29 is 19.1 Å². The van der Waals surface area contributed by atoms with Gasteiger partial charge in [-0.2, -0.15) is 0 Å². The summed E-state index contributed by atoms with van der Waals surface area (Å²) in [6.07, 6.45) is 3.31. The van der Waals surface area contributed by atoms with Crippen LogP contribution in [0.5, 0.6) is 0 Å². The van der Waals surface area contributed by atoms with Crippen molar-refractivity contribution in [3.8, 4) is 0 Å². The number of methoxy groups -OCH3 is 1. The number of esters is 1. The first-order valence-electron chi connectivity index (χ1n) is 8.87. The van der Waals surface area contributed by atoms with Crippen molar-refractivity contribution >= 4 is 17.8 Å². The number of carbonyl (C=O) groups is 3. The molecule has 0 aliphatic heterocycles. The fraction of sp³-hybridized carbons (Fsp3) is 0.300. The van der Waals surface area contributed by atoms with Gasteiger partial charge in [0.15, 0.2) is 0 Å². The first-order chi connectivity index (χ1) is 13.4. The van der Waals surface area contributed by atoms with E-state index in [9.17, 15) is 19.2 Å². The lowest BCUT2D eigenvalue weighted by Crippen LogP contribution is -2.34. The quantitative estimate of drug-likeness (QED) is 0.722. The number of ether oxygens (including phenoxy) is 1. The maximum absolute atomic E-state index is 12.7. The largest absolute Gasteiger partial charge is 0.465 e. The van der Waals surface area contributed by atoms with E-state index in [1.54, 1.807) is 24.3 Å². The van der Waals surface area contributed by atoms with Crippen molar-refractivity contribution in [3.63, 3.8) is 0 Å². The molecule has 28 heavy (non-hydrogen) atoms. The van der Waals surface area contributed by atoms with Gasteiger partial charge in [0.1, 0.15) is 5.56 Å². The molecule has 1 fully saturated rings. The fourth-order valence-corrected chi connectivity index (χ4v) is 2.73. The number of nitrogens with one attached hydrogen (secondary N) is 2. The topological polar surface area (TPSA) is 106 Å². The molecule has 0 atom stereocenters. The summed E-state index contributed by atoms with van der Waals surface area (Å²) in [6, 6.07) is 8.03. The smallest absolute Gasteiger partial charge is 0.337 e. The number of amides is 2. The molecule has 1 aromatic carbocycles. The van der Waals surface area contributed by atoms with Crippen LogP contribution in [-0.4, -0.2) is 42.6 Å². The van der Waals surface area contributed by atoms with E-state index < -0.39 is 17.4 Å². The lowest BCUT2D eigenvalue weighted by atomic mass is 10.1. The first kappa shape index (κ1) is 19.3. The van der Waals surface area contributed by atoms with Crippen molar-refractivity contribution in [1.82, 2.24) is 15.2 Å². The molecule has 0 bridgehead atoms. The molecule has 3 rings (SSSR count). The highest BCUT2D eigenvalue weighted by atomic mass is 16.5. The number of benzene rings is 1. The second-order valence-electron chi connectivity index (χ2n) is 6.59. The minimum absolute atomic E-state index is 0.0999. The van der Waals surface area contributed by atoms with Crippen LogP contribution < -0.4 is 16.2 Å². The Morgan fingerprint density at radius 1 is 1.11 bits per heavy atom. The average Bonchev–Trinajstić information content (AvgIpc) is 3.52. The Morgan fingerprint density at radius 2 is 1.79 bits per heavy atom. The van der Waals surface area contributed by atoms with Gasteiger partial charge in [0.25, 0.3) is 17.4 Å². The van der Waals surface area contributed by atoms with Gasteiger partial charge in [-0.3, -0.25) is 14.4 Å². The van der Waals surface area contributed by atoms with Crippen LogP contribution in [0.25, 0.3) is 0 Å². The van der Waals surface area contributed by atoms with Gasteiger partial charge >= 0.3 is 5.97 Å². The van der Waals surface area contributed by atoms with Crippen LogP contribution in [0.3, 0.4) is 0 Å². The summed E-state index contributed by atoms with van der Waals surface area (Å²) in [5, 5.41) is 5.28. The molecule has 0 spiro atoms. The summed E-state index contributed by atoms with van der Waals surface area (Å²) in [6.45, 7) is 0.148. The third kappa shape index (κ3) is 4.28. The molecular formula is C20H21N3O5. The van der Waals surface area contributed by atoms with E-state index in [0.717, 1.165) is 18.4 Å². The summed E-state index contributed by atoms with van der Waals surface area (Å²) < 4.78 is 5.98. The predicted molar refractivity (Wildman–Crippen MR) is 101 cm³/mol. The van der Waals surface area contributed by atoms with E-state index >= 15 is 0 Å². The molecule has 8 nitrogen and oxygen atoms in total. The molecule has 0 unspecified atom stereocenters. The third-order valence-electron chi connectivity index (χ3n) is 4.46. The molecular weight excluding hydrogens is 362 g/mol. The zero-order valence-electron chi connectivity index (χ0n) is 15.7. The van der Waals surface area contributed by atoms with Crippen molar-refractivity contribution in [3.05, 3.63) is 69.1 Å². The van der Waals surface area contributed by atoms with Crippen LogP contribution in [0.15, 0.2) is 41.3 Å². The van der Waals surface area contributed by atoms with E-state index in [2.05, 4.69) is 15.4 Å². The van der Waals surface area contributed by atoms with E-state index in [1.807, 2.05) is 0 Å². The molecule has 1 aliphatic rings. The molecule has 0 saturated heterocycles. The van der Waals surface area contributed by atoms with Crippen LogP contribution in [0.4, 0.5) is 0 Å². The lowest BCUT2D eigenvalue weighted by Gasteiger charge is -2.12. The highest BCUT2D eigenvalue weighted by molar-refractivity contribution is 5.99. The van der Waals surface area contributed by atoms with E-state index in [1.165, 1.54) is 31.0 Å². The Kier molecular flexibility index (Phi) is 5.58. The van der Waals surface area contributed by atoms with Gasteiger partial charge in [0.2, 0.25) is 0 Å². The van der Waals surface area contributed by atoms with Gasteiger partial charge in [-0.25, -0.2) is 4.79 Å². The van der Waals surface area contributed by atoms with Gasteiger partial charge in [-0.1, -0.05) is 12.1 Å². The summed E-state index contributed by atoms with van der Waals surface area (Å²) in [7, 11) is 2.73. The maximum Gasteiger partial charge on any atom is 0.337 e. The molecule has 8 heteroatoms. The van der Waals surface area contributed by atoms with Crippen molar-refractivity contribution in [1.29, 1.82) is 0 Å². The van der Waals surface area contributed by atoms with Gasteiger partial charge < -0.3 is 19.9 Å². The summed E-state index contributed by atoms with van der Waals surface area (Å²) in [5.41, 5.74) is 0.771. The Morgan fingerprint density at radius 3 is 2.36 bits per heavy atom. The third-order valence-corrected chi connectivity index (χ3v) is 4.46. The Hall–Kier alpha value is -3.42. The predicted octanol–water partition coefficient (Wildman–Crippen LogP) is 0.935. The number of rotatable bonds is 6. The van der Waals surface area contributed by atoms with Crippen LogP contribution in [0.2, 0.25) is 0 Å². The fourth-order valence-electron chi connectivity index (χ4n) is 2.73. The molecule has 1 saturated carbocycles. The number of nitrogens with zero attached hydrogens (tertiary/aromatic N) is 1. The zero-order valence-corrected chi connectivity index (χ0v) is 15.7. The number of aromatic nitrogens is 1. The second kappa shape index (κ2) is 8.08. The molecule has 0 radical (unpaired) electrons. The molecule has 2 N–H and O–H groups in total. The maximum atomic E-state index is 12.7. The number of carbonyl (C=O) groups excluding carboxylic acids is 3. The highest BCUT2D eigenvalue weighted by Gasteiger charge is 2.25. The van der Waals surface area contributed by atoms with E-state index in [0.29, 0.717) is 5.56 Å². The van der Waals surface area contributed by atoms with Gasteiger partial charge in [-0.05, 0) is 36.6 Å². The Balaban J connectivity index is 1.93. The van der Waals surface area contributed by atoms with Crippen molar-refractivity contribution in [2.75, 3.05) is 14.2 Å². The molecule has 1 aromatic heterocycles. The molecule has 1 aliphatic carbocycles. The van der Waals surface area contributed by atoms with Crippen molar-refractivity contribution in [2.45, 2.75) is 25.4 Å². The van der Waals surface area contributed by atoms with Crippen molar-refractivity contribution in [2.24, 2.45) is 0 Å². The summed E-state index contributed by atoms with van der Waals surface area (Å²) in [4.78, 5) is 48.7. The Labute approximate surface area is 161 Å². The van der Waals surface area contributed by atoms with E-state index in [4.69, 9.17) is 0 Å². The molecule has 1 heterocycles. The monoisotopic (exact) mass is 383 g/mol. The summed E-state index contributed by atoms with van der Waals surface area (Å²) in [5.74, 6) is -1.33. The lowest BCUT2D eigenvalue weighted by molar-refractivity contribution is 0.0600. The standard InChI is InChI=1S/C20H21N3O5/c1-21-18(25)16-9-14(17(24)22-15-7-8-15)11-23(19(16)26)10-12-3-5-13(6-4-12)20(27)28-2/h3-6,9,11,15H,7-8,10H2,1-2H3,(H,21,25)(H,22,24). The normalized spacial score (nSPS) is 12.9. The van der Waals surface area contributed by atoms with E-state index in [-0.39, 0.29) is 29.6 Å². The van der Waals surface area contributed by atoms with Crippen LogP contribution >= 0.6 is 0 Å². The minimum atomic E-state index is -0.555. The van der Waals surface area contributed by atoms with Crippen LogP contribution in [-0.2, 0) is 11.3 Å². The van der Waals surface area contributed by atoms with Crippen LogP contribution in [0, 0.1) is 0 Å². The SMILES string of the molecule is CNC(=O)c1cc(C(=O)NC2CC2)cn(Cc2ccc(C(=O)OC)cc2)c1=O. The zero-order chi connectivity index (χ0) is 20.3. The number of hydrogen-bond donors (Lipinski definition) is 2. The van der Waals surface area contributed by atoms with Crippen LogP contribution in [0.1, 0.15) is 49.5 Å².